The zero-order valence-electron chi connectivity index (χ0n) is 13.3. The van der Waals surface area contributed by atoms with Gasteiger partial charge in [-0.15, -0.1) is 0 Å². The van der Waals surface area contributed by atoms with E-state index in [-0.39, 0.29) is 23.9 Å². The van der Waals surface area contributed by atoms with E-state index in [2.05, 4.69) is 19.2 Å². The van der Waals surface area contributed by atoms with Gasteiger partial charge in [-0.25, -0.2) is 0 Å². The zero-order chi connectivity index (χ0) is 15.3. The molecule has 0 radical (unpaired) electrons. The summed E-state index contributed by atoms with van der Waals surface area (Å²) in [6, 6.07) is -0.791. The van der Waals surface area contributed by atoms with Crippen molar-refractivity contribution in [1.82, 2.24) is 10.2 Å². The van der Waals surface area contributed by atoms with Crippen molar-refractivity contribution >= 4 is 11.8 Å². The summed E-state index contributed by atoms with van der Waals surface area (Å²) in [5, 5.41) is 2.88. The zero-order valence-corrected chi connectivity index (χ0v) is 13.3. The van der Waals surface area contributed by atoms with E-state index in [0.717, 1.165) is 6.42 Å². The predicted molar refractivity (Wildman–Crippen MR) is 78.3 cm³/mol. The largest absolute Gasteiger partial charge is 0.383 e. The molecule has 1 aliphatic rings. The fraction of sp³-hybridized carbons (Fsp3) is 0.867. The molecule has 116 valence electrons. The van der Waals surface area contributed by atoms with Gasteiger partial charge in [0.25, 0.3) is 0 Å². The van der Waals surface area contributed by atoms with E-state index in [4.69, 9.17) is 4.74 Å². The third kappa shape index (κ3) is 3.72. The van der Waals surface area contributed by atoms with Crippen LogP contribution in [0.15, 0.2) is 0 Å². The molecule has 0 spiro atoms. The van der Waals surface area contributed by atoms with E-state index in [1.807, 2.05) is 13.8 Å². The van der Waals surface area contributed by atoms with Crippen molar-refractivity contribution in [3.05, 3.63) is 0 Å². The molecule has 0 aromatic heterocycles. The van der Waals surface area contributed by atoms with Gasteiger partial charge in [0.1, 0.15) is 12.1 Å². The Morgan fingerprint density at radius 3 is 2.40 bits per heavy atom. The van der Waals surface area contributed by atoms with Crippen LogP contribution in [-0.4, -0.2) is 48.6 Å². The van der Waals surface area contributed by atoms with Crippen molar-refractivity contribution in [3.63, 3.8) is 0 Å². The molecule has 0 aliphatic carbocycles. The van der Waals surface area contributed by atoms with Crippen molar-refractivity contribution in [1.29, 1.82) is 0 Å². The lowest BCUT2D eigenvalue weighted by Crippen LogP contribution is -2.66. The van der Waals surface area contributed by atoms with E-state index < -0.39 is 6.04 Å². The second kappa shape index (κ2) is 7.62. The molecule has 1 rings (SSSR count). The molecule has 2 amide bonds. The lowest BCUT2D eigenvalue weighted by Gasteiger charge is -2.43. The van der Waals surface area contributed by atoms with Gasteiger partial charge < -0.3 is 15.0 Å². The Morgan fingerprint density at radius 2 is 1.95 bits per heavy atom. The summed E-state index contributed by atoms with van der Waals surface area (Å²) in [6.07, 6.45) is 2.10. The van der Waals surface area contributed by atoms with Gasteiger partial charge in [-0.05, 0) is 25.2 Å². The summed E-state index contributed by atoms with van der Waals surface area (Å²) in [5.41, 5.74) is 0. The van der Waals surface area contributed by atoms with Crippen molar-refractivity contribution in [2.75, 3.05) is 13.7 Å². The van der Waals surface area contributed by atoms with Gasteiger partial charge in [0.15, 0.2) is 0 Å². The van der Waals surface area contributed by atoms with Crippen LogP contribution in [0.3, 0.4) is 0 Å². The fourth-order valence-electron chi connectivity index (χ4n) is 2.82. The number of nitrogens with zero attached hydrogens (tertiary/aromatic N) is 1. The van der Waals surface area contributed by atoms with E-state index in [0.29, 0.717) is 25.4 Å². The highest BCUT2D eigenvalue weighted by molar-refractivity contribution is 5.97. The van der Waals surface area contributed by atoms with E-state index in [1.54, 1.807) is 12.0 Å². The van der Waals surface area contributed by atoms with Crippen LogP contribution in [0.2, 0.25) is 0 Å². The van der Waals surface area contributed by atoms with Crippen LogP contribution in [-0.2, 0) is 14.3 Å². The Hall–Kier alpha value is -1.10. The van der Waals surface area contributed by atoms with Gasteiger partial charge in [-0.1, -0.05) is 27.7 Å². The third-order valence-corrected chi connectivity index (χ3v) is 3.82. The molecule has 5 heteroatoms. The quantitative estimate of drug-likeness (QED) is 0.772. The van der Waals surface area contributed by atoms with Gasteiger partial charge in [-0.2, -0.15) is 0 Å². The second-order valence-electron chi connectivity index (χ2n) is 5.88. The number of carbonyl (C=O) groups excluding carboxylic acids is 2. The Labute approximate surface area is 122 Å². The average molecular weight is 284 g/mol. The molecule has 1 heterocycles. The lowest BCUT2D eigenvalue weighted by atomic mass is 9.95. The molecule has 0 aromatic rings. The second-order valence-corrected chi connectivity index (χ2v) is 5.88. The molecule has 3 atom stereocenters. The first kappa shape index (κ1) is 17.0. The minimum absolute atomic E-state index is 0.0295. The van der Waals surface area contributed by atoms with Crippen LogP contribution in [0.25, 0.3) is 0 Å². The maximum atomic E-state index is 12.7. The summed E-state index contributed by atoms with van der Waals surface area (Å²) >= 11 is 0. The van der Waals surface area contributed by atoms with E-state index in [9.17, 15) is 9.59 Å². The van der Waals surface area contributed by atoms with Crippen molar-refractivity contribution in [3.8, 4) is 0 Å². The molecule has 1 N–H and O–H groups in total. The number of hydrogen-bond donors (Lipinski definition) is 1. The van der Waals surface area contributed by atoms with Crippen LogP contribution < -0.4 is 5.32 Å². The molecule has 1 fully saturated rings. The van der Waals surface area contributed by atoms with Crippen molar-refractivity contribution in [2.24, 2.45) is 5.92 Å². The SMILES string of the molecule is CCC(COC)N1C(=O)C(CC(C)C)NC(=O)C1CC. The Morgan fingerprint density at radius 1 is 1.30 bits per heavy atom. The minimum atomic E-state index is -0.392. The van der Waals surface area contributed by atoms with Gasteiger partial charge in [0.2, 0.25) is 11.8 Å². The predicted octanol–water partition coefficient (Wildman–Crippen LogP) is 1.56. The van der Waals surface area contributed by atoms with Gasteiger partial charge in [0.05, 0.1) is 12.6 Å². The summed E-state index contributed by atoms with van der Waals surface area (Å²) in [6.45, 7) is 8.55. The summed E-state index contributed by atoms with van der Waals surface area (Å²) in [4.78, 5) is 26.7. The molecule has 1 saturated heterocycles. The number of rotatable bonds is 7. The molecule has 0 bridgehead atoms. The van der Waals surface area contributed by atoms with Gasteiger partial charge in [0, 0.05) is 7.11 Å². The molecular formula is C15H28N2O3. The van der Waals surface area contributed by atoms with Crippen LogP contribution in [0.1, 0.15) is 47.0 Å². The van der Waals surface area contributed by atoms with Gasteiger partial charge >= 0.3 is 0 Å². The molecule has 0 saturated carbocycles. The summed E-state index contributed by atoms with van der Waals surface area (Å²) in [5.74, 6) is 0.369. The number of hydrogen-bond acceptors (Lipinski definition) is 3. The topological polar surface area (TPSA) is 58.6 Å². The molecule has 3 unspecified atom stereocenters. The molecule has 1 aliphatic heterocycles. The van der Waals surface area contributed by atoms with E-state index in [1.165, 1.54) is 0 Å². The lowest BCUT2D eigenvalue weighted by molar-refractivity contribution is -0.154. The first-order valence-corrected chi connectivity index (χ1v) is 7.57. The summed E-state index contributed by atoms with van der Waals surface area (Å²) < 4.78 is 5.22. The van der Waals surface area contributed by atoms with Crippen LogP contribution in [0, 0.1) is 5.92 Å². The van der Waals surface area contributed by atoms with Crippen LogP contribution in [0.5, 0.6) is 0 Å². The molecular weight excluding hydrogens is 256 g/mol. The van der Waals surface area contributed by atoms with Crippen LogP contribution in [0.4, 0.5) is 0 Å². The number of ether oxygens (including phenoxy) is 1. The smallest absolute Gasteiger partial charge is 0.246 e. The average Bonchev–Trinajstić information content (AvgIpc) is 2.39. The number of piperazine rings is 1. The Bertz CT molecular complexity index is 344. The highest BCUT2D eigenvalue weighted by Crippen LogP contribution is 2.21. The Balaban J connectivity index is 2.98. The number of amides is 2. The monoisotopic (exact) mass is 284 g/mol. The number of methoxy groups -OCH3 is 1. The maximum absolute atomic E-state index is 12.7. The minimum Gasteiger partial charge on any atom is -0.383 e. The first-order valence-electron chi connectivity index (χ1n) is 7.57. The maximum Gasteiger partial charge on any atom is 0.246 e. The van der Waals surface area contributed by atoms with E-state index >= 15 is 0 Å². The number of nitrogens with one attached hydrogen (secondary N) is 1. The standard InChI is InChI=1S/C15H28N2O3/c1-6-11(9-20-5)17-13(7-2)14(18)16-12(15(17)19)8-10(3)4/h10-13H,6-9H2,1-5H3,(H,16,18). The third-order valence-electron chi connectivity index (χ3n) is 3.82. The molecule has 0 aromatic carbocycles. The molecule has 5 nitrogen and oxygen atoms in total. The highest BCUT2D eigenvalue weighted by Gasteiger charge is 2.42. The Kier molecular flexibility index (Phi) is 6.46. The fourth-order valence-corrected chi connectivity index (χ4v) is 2.82. The van der Waals surface area contributed by atoms with Gasteiger partial charge in [-0.3, -0.25) is 9.59 Å². The number of carbonyl (C=O) groups is 2. The first-order chi connectivity index (χ1) is 9.46. The van der Waals surface area contributed by atoms with Crippen molar-refractivity contribution < 1.29 is 14.3 Å². The van der Waals surface area contributed by atoms with Crippen LogP contribution >= 0.6 is 0 Å². The highest BCUT2D eigenvalue weighted by atomic mass is 16.5. The van der Waals surface area contributed by atoms with Crippen molar-refractivity contribution in [2.45, 2.75) is 65.1 Å². The normalized spacial score (nSPS) is 25.0. The molecule has 20 heavy (non-hydrogen) atoms. The summed E-state index contributed by atoms with van der Waals surface area (Å²) in [7, 11) is 1.63.